The van der Waals surface area contributed by atoms with Crippen molar-refractivity contribution in [2.45, 2.75) is 25.3 Å². The average Bonchev–Trinajstić information content (AvgIpc) is 2.86. The molecule has 1 unspecified atom stereocenters. The lowest BCUT2D eigenvalue weighted by Crippen LogP contribution is -2.40. The molecule has 0 spiro atoms. The molecule has 5 nitrogen and oxygen atoms in total. The van der Waals surface area contributed by atoms with Gasteiger partial charge in [0.25, 0.3) is 0 Å². The minimum absolute atomic E-state index is 0.219. The highest BCUT2D eigenvalue weighted by Crippen LogP contribution is 2.06. The molecule has 0 aromatic rings. The van der Waals surface area contributed by atoms with Crippen LogP contribution in [-0.4, -0.2) is 75.8 Å². The monoisotopic (exact) mass is 260 g/mol. The molecule has 1 atom stereocenters. The third kappa shape index (κ3) is 7.28. The summed E-state index contributed by atoms with van der Waals surface area (Å²) in [5.74, 6) is 0. The standard InChI is InChI=1S/C13H28N2O3/c1-17-9-3-10-18-11-7-15(6-8-16)12-13-4-2-5-14-13/h13-14,16H,2-12H2,1H3. The maximum Gasteiger partial charge on any atom is 0.0593 e. The van der Waals surface area contributed by atoms with Gasteiger partial charge in [-0.1, -0.05) is 0 Å². The Morgan fingerprint density at radius 2 is 2.17 bits per heavy atom. The van der Waals surface area contributed by atoms with Gasteiger partial charge in [0.2, 0.25) is 0 Å². The molecule has 1 aliphatic heterocycles. The quantitative estimate of drug-likeness (QED) is 0.516. The molecule has 1 fully saturated rings. The average molecular weight is 260 g/mol. The van der Waals surface area contributed by atoms with Crippen LogP contribution in [0.15, 0.2) is 0 Å². The lowest BCUT2D eigenvalue weighted by atomic mass is 10.2. The Kier molecular flexibility index (Phi) is 9.42. The maximum atomic E-state index is 9.06. The Bertz CT molecular complexity index is 187. The second-order valence-electron chi connectivity index (χ2n) is 4.78. The molecular formula is C13H28N2O3. The van der Waals surface area contributed by atoms with Gasteiger partial charge in [0.05, 0.1) is 13.2 Å². The van der Waals surface area contributed by atoms with E-state index in [0.717, 1.165) is 52.4 Å². The van der Waals surface area contributed by atoms with Crippen molar-refractivity contribution in [3.8, 4) is 0 Å². The topological polar surface area (TPSA) is 54.0 Å². The molecule has 0 saturated carbocycles. The molecule has 1 aliphatic rings. The minimum atomic E-state index is 0.219. The molecule has 2 N–H and O–H groups in total. The van der Waals surface area contributed by atoms with Crippen molar-refractivity contribution in [3.05, 3.63) is 0 Å². The summed E-state index contributed by atoms with van der Waals surface area (Å²) in [4.78, 5) is 2.28. The van der Waals surface area contributed by atoms with Gasteiger partial charge >= 0.3 is 0 Å². The van der Waals surface area contributed by atoms with E-state index < -0.39 is 0 Å². The molecule has 0 aromatic heterocycles. The van der Waals surface area contributed by atoms with Crippen LogP contribution in [0.25, 0.3) is 0 Å². The Morgan fingerprint density at radius 1 is 1.28 bits per heavy atom. The summed E-state index contributed by atoms with van der Waals surface area (Å²) in [7, 11) is 1.71. The maximum absolute atomic E-state index is 9.06. The highest BCUT2D eigenvalue weighted by molar-refractivity contribution is 4.77. The van der Waals surface area contributed by atoms with Crippen LogP contribution >= 0.6 is 0 Å². The first kappa shape index (κ1) is 15.9. The zero-order chi connectivity index (χ0) is 13.1. The smallest absolute Gasteiger partial charge is 0.0593 e. The van der Waals surface area contributed by atoms with Gasteiger partial charge in [0.15, 0.2) is 0 Å². The first-order chi connectivity index (χ1) is 8.86. The van der Waals surface area contributed by atoms with Gasteiger partial charge in [-0.15, -0.1) is 0 Å². The van der Waals surface area contributed by atoms with E-state index in [2.05, 4.69) is 10.2 Å². The molecule has 0 radical (unpaired) electrons. The van der Waals surface area contributed by atoms with Crippen LogP contribution in [0, 0.1) is 0 Å². The van der Waals surface area contributed by atoms with Crippen LogP contribution in [0.4, 0.5) is 0 Å². The van der Waals surface area contributed by atoms with Gasteiger partial charge in [0.1, 0.15) is 0 Å². The molecule has 1 rings (SSSR count). The number of hydrogen-bond acceptors (Lipinski definition) is 5. The van der Waals surface area contributed by atoms with Gasteiger partial charge in [-0.3, -0.25) is 4.90 Å². The lowest BCUT2D eigenvalue weighted by Gasteiger charge is -2.24. The molecule has 108 valence electrons. The van der Waals surface area contributed by atoms with Gasteiger partial charge in [0, 0.05) is 46.0 Å². The van der Waals surface area contributed by atoms with E-state index in [9.17, 15) is 0 Å². The van der Waals surface area contributed by atoms with Crippen LogP contribution < -0.4 is 5.32 Å². The van der Waals surface area contributed by atoms with Crippen molar-refractivity contribution in [2.24, 2.45) is 0 Å². The van der Waals surface area contributed by atoms with Crippen LogP contribution in [0.1, 0.15) is 19.3 Å². The first-order valence-electron chi connectivity index (χ1n) is 7.00. The Hall–Kier alpha value is -0.200. The predicted octanol–water partition coefficient (Wildman–Crippen LogP) is 0.0858. The fourth-order valence-electron chi connectivity index (χ4n) is 2.26. The van der Waals surface area contributed by atoms with E-state index >= 15 is 0 Å². The van der Waals surface area contributed by atoms with E-state index in [4.69, 9.17) is 14.6 Å². The van der Waals surface area contributed by atoms with Gasteiger partial charge in [-0.2, -0.15) is 0 Å². The number of methoxy groups -OCH3 is 1. The Labute approximate surface area is 110 Å². The van der Waals surface area contributed by atoms with E-state index in [1.165, 1.54) is 12.8 Å². The number of nitrogens with one attached hydrogen (secondary N) is 1. The van der Waals surface area contributed by atoms with E-state index in [0.29, 0.717) is 6.04 Å². The first-order valence-corrected chi connectivity index (χ1v) is 7.00. The number of aliphatic hydroxyl groups excluding tert-OH is 1. The molecule has 18 heavy (non-hydrogen) atoms. The SMILES string of the molecule is COCCCOCCN(CCO)CC1CCCN1. The largest absolute Gasteiger partial charge is 0.395 e. The summed E-state index contributed by atoms with van der Waals surface area (Å²) in [6, 6.07) is 0.588. The summed E-state index contributed by atoms with van der Waals surface area (Å²) in [6.45, 7) is 6.24. The summed E-state index contributed by atoms with van der Waals surface area (Å²) < 4.78 is 10.5. The lowest BCUT2D eigenvalue weighted by molar-refractivity contribution is 0.0767. The van der Waals surface area contributed by atoms with E-state index in [-0.39, 0.29) is 6.61 Å². The molecule has 0 aromatic carbocycles. The molecule has 0 bridgehead atoms. The second-order valence-corrected chi connectivity index (χ2v) is 4.78. The molecular weight excluding hydrogens is 232 g/mol. The molecule has 0 aliphatic carbocycles. The fraction of sp³-hybridized carbons (Fsp3) is 1.00. The number of hydrogen-bond donors (Lipinski definition) is 2. The fourth-order valence-corrected chi connectivity index (χ4v) is 2.26. The van der Waals surface area contributed by atoms with Crippen LogP contribution in [0.5, 0.6) is 0 Å². The Morgan fingerprint density at radius 3 is 2.83 bits per heavy atom. The summed E-state index contributed by atoms with van der Waals surface area (Å²) in [5, 5.41) is 12.5. The third-order valence-electron chi connectivity index (χ3n) is 3.25. The number of rotatable bonds is 11. The van der Waals surface area contributed by atoms with Crippen molar-refractivity contribution in [3.63, 3.8) is 0 Å². The number of nitrogens with zero attached hydrogens (tertiary/aromatic N) is 1. The molecule has 1 heterocycles. The van der Waals surface area contributed by atoms with Crippen molar-refractivity contribution >= 4 is 0 Å². The van der Waals surface area contributed by atoms with Gasteiger partial charge in [-0.25, -0.2) is 0 Å². The van der Waals surface area contributed by atoms with Crippen molar-refractivity contribution in [1.29, 1.82) is 0 Å². The second kappa shape index (κ2) is 10.7. The Balaban J connectivity index is 2.05. The predicted molar refractivity (Wildman–Crippen MR) is 71.9 cm³/mol. The molecule has 5 heteroatoms. The van der Waals surface area contributed by atoms with Crippen molar-refractivity contribution < 1.29 is 14.6 Å². The zero-order valence-corrected chi connectivity index (χ0v) is 11.6. The highest BCUT2D eigenvalue weighted by atomic mass is 16.5. The van der Waals surface area contributed by atoms with Crippen LogP contribution in [-0.2, 0) is 9.47 Å². The van der Waals surface area contributed by atoms with Crippen LogP contribution in [0.2, 0.25) is 0 Å². The molecule has 1 saturated heterocycles. The van der Waals surface area contributed by atoms with E-state index in [1.54, 1.807) is 7.11 Å². The summed E-state index contributed by atoms with van der Waals surface area (Å²) in [5.41, 5.74) is 0. The number of ether oxygens (including phenoxy) is 2. The summed E-state index contributed by atoms with van der Waals surface area (Å²) >= 11 is 0. The summed E-state index contributed by atoms with van der Waals surface area (Å²) in [6.07, 6.45) is 3.46. The molecule has 0 amide bonds. The third-order valence-corrected chi connectivity index (χ3v) is 3.25. The number of aliphatic hydroxyl groups is 1. The highest BCUT2D eigenvalue weighted by Gasteiger charge is 2.17. The van der Waals surface area contributed by atoms with Crippen molar-refractivity contribution in [2.75, 3.05) is 59.7 Å². The zero-order valence-electron chi connectivity index (χ0n) is 11.6. The van der Waals surface area contributed by atoms with Gasteiger partial charge in [-0.05, 0) is 25.8 Å². The minimum Gasteiger partial charge on any atom is -0.395 e. The van der Waals surface area contributed by atoms with E-state index in [1.807, 2.05) is 0 Å². The van der Waals surface area contributed by atoms with Crippen LogP contribution in [0.3, 0.4) is 0 Å². The van der Waals surface area contributed by atoms with Gasteiger partial charge < -0.3 is 19.9 Å². The normalized spacial score (nSPS) is 19.8. The van der Waals surface area contributed by atoms with Crippen molar-refractivity contribution in [1.82, 2.24) is 10.2 Å².